The van der Waals surface area contributed by atoms with E-state index in [-0.39, 0.29) is 5.56 Å². The predicted molar refractivity (Wildman–Crippen MR) is 332 cm³/mol. The minimum absolute atomic E-state index is 0.161. The molecule has 0 atom stereocenters. The fourth-order valence-electron chi connectivity index (χ4n) is 10.4. The molecule has 0 unspecified atom stereocenters. The van der Waals surface area contributed by atoms with Crippen molar-refractivity contribution in [1.29, 1.82) is 0 Å². The number of hydrogen-bond acceptors (Lipinski definition) is 21. The molecule has 0 radical (unpaired) electrons. The van der Waals surface area contributed by atoms with Crippen LogP contribution in [0.2, 0.25) is 0 Å². The molecule has 5 aromatic carbocycles. The molecule has 2 aliphatic heterocycles. The predicted octanol–water partition coefficient (Wildman–Crippen LogP) is 18.6. The number of aromatic nitrogens is 8. The Morgan fingerprint density at radius 1 is 0.272 bits per heavy atom. The van der Waals surface area contributed by atoms with Crippen molar-refractivity contribution >= 4 is 49.8 Å². The molecule has 125 heavy (non-hydrogen) atoms. The summed E-state index contributed by atoms with van der Waals surface area (Å²) in [5.74, 6) is -32.9. The number of halogens is 36. The monoisotopic (exact) mass is 1900 g/mol. The van der Waals surface area contributed by atoms with Crippen molar-refractivity contribution in [3.8, 4) is 126 Å². The van der Waals surface area contributed by atoms with Crippen molar-refractivity contribution in [2.75, 3.05) is 79.3 Å². The molecule has 61 heteroatoms. The molecule has 24 nitrogen and oxygen atoms in total. The number of fused-ring (bicyclic) bond motifs is 20. The number of alkyl halides is 36. The Balaban J connectivity index is 0.00000878. The first kappa shape index (κ1) is 96.7. The summed E-state index contributed by atoms with van der Waals surface area (Å²) in [6, 6.07) is 5.89. The van der Waals surface area contributed by atoms with E-state index in [4.69, 9.17) is 32.1 Å². The molecule has 0 N–H and O–H groups in total. The van der Waals surface area contributed by atoms with Crippen LogP contribution in [0.15, 0.2) is 42.5 Å². The second-order valence-electron chi connectivity index (χ2n) is 24.3. The van der Waals surface area contributed by atoms with Crippen LogP contribution in [0.25, 0.3) is 89.7 Å². The molecule has 679 valence electrons. The van der Waals surface area contributed by atoms with E-state index in [1.54, 1.807) is 0 Å². The van der Waals surface area contributed by atoms with Gasteiger partial charge in [0.1, 0.15) is 0 Å². The van der Waals surface area contributed by atoms with Gasteiger partial charge >= 0.3 is 95.2 Å². The summed E-state index contributed by atoms with van der Waals surface area (Å²) in [4.78, 5) is 41.0. The number of hydrogen-bond donors (Lipinski definition) is 0. The standard InChI is InChI=1S/C64H31F36N9O14.O.V/c65-53(66,67)10-112-33-27-29(35(114-12-55(71,72)73)41(120-18-61(89,90)91)39(33)118-16-59(83,84)85)49-104-47(27)102-45-25-8-5-23(2-1-22-3-6-24(7-4-22)109(110)111)9-26(25)46(101-45)103-48-28-30(36(115-13-56(74,75)76)42(121-19-62(92,93)94)40(119-17-60(86,87)88)34(28)113-11-54(68,69)70)50(105-48)107-52-32-31(51(106-49)108-52)37(116-14-57(77,78)79)43(122-20-63(95,96)97)44(123-21-64(98,99)100)38(32)117-15-58(80,81)82;;/h3-9H,10-21H2;;/q-2;;+2. The van der Waals surface area contributed by atoms with Crippen LogP contribution in [0.1, 0.15) is 11.1 Å². The van der Waals surface area contributed by atoms with E-state index >= 15 is 0 Å². The number of non-ortho nitro benzene ring substituents is 1. The van der Waals surface area contributed by atoms with Crippen LogP contribution < -0.4 is 66.8 Å². The minimum atomic E-state index is -6.12. The number of nitro groups is 1. The van der Waals surface area contributed by atoms with E-state index in [0.717, 1.165) is 47.7 Å². The fraction of sp³-hybridized carbons (Fsp3) is 0.375. The van der Waals surface area contributed by atoms with Gasteiger partial charge in [-0.05, 0) is 35.0 Å². The first-order valence-electron chi connectivity index (χ1n) is 32.1. The molecule has 0 saturated carbocycles. The van der Waals surface area contributed by atoms with Gasteiger partial charge in [-0.15, -0.1) is 0 Å². The third-order valence-corrected chi connectivity index (χ3v) is 14.5. The molecule has 0 amide bonds. The zero-order chi connectivity index (χ0) is 93.5. The van der Waals surface area contributed by atoms with Crippen LogP contribution in [0.5, 0.6) is 69.0 Å². The second-order valence-corrected chi connectivity index (χ2v) is 24.3. The van der Waals surface area contributed by atoms with Crippen LogP contribution >= 0.6 is 0 Å². The topological polar surface area (TPSA) is 277 Å². The summed E-state index contributed by atoms with van der Waals surface area (Å²) in [6.07, 6.45) is -72.3. The van der Waals surface area contributed by atoms with Crippen LogP contribution in [0.3, 0.4) is 0 Å². The van der Waals surface area contributed by atoms with Gasteiger partial charge in [-0.3, -0.25) is 10.1 Å². The average Bonchev–Trinajstić information content (AvgIpc) is 1.57. The quantitative estimate of drug-likeness (QED) is 0.0222. The molecule has 0 aliphatic carbocycles. The first-order chi connectivity index (χ1) is 57.2. The number of rotatable bonds is 25. The van der Waals surface area contributed by atoms with Gasteiger partial charge < -0.3 is 86.7 Å². The summed E-state index contributed by atoms with van der Waals surface area (Å²) in [5, 5.41) is 5.07. The van der Waals surface area contributed by atoms with E-state index < -0.39 is 328 Å². The van der Waals surface area contributed by atoms with Gasteiger partial charge in [-0.25, -0.2) is 9.97 Å². The summed E-state index contributed by atoms with van der Waals surface area (Å²) in [7, 11) is 0. The Labute approximate surface area is 672 Å². The maximum absolute atomic E-state index is 14.8. The molecule has 0 spiro atoms. The van der Waals surface area contributed by atoms with Gasteiger partial charge in [-0.1, -0.05) is 17.9 Å². The van der Waals surface area contributed by atoms with Crippen molar-refractivity contribution in [3.63, 3.8) is 0 Å². The number of nitrogens with zero attached hydrogens (tertiary/aromatic N) is 9. The van der Waals surface area contributed by atoms with Crippen molar-refractivity contribution in [2.45, 2.75) is 74.1 Å². The van der Waals surface area contributed by atoms with Crippen molar-refractivity contribution < 1.29 is 241 Å². The van der Waals surface area contributed by atoms with Crippen LogP contribution in [0, 0.1) is 22.0 Å². The van der Waals surface area contributed by atoms with Gasteiger partial charge in [-0.2, -0.15) is 158 Å². The first-order valence-corrected chi connectivity index (χ1v) is 32.7. The van der Waals surface area contributed by atoms with E-state index in [2.05, 4.69) is 80.1 Å². The molecule has 0 fully saturated rings. The number of benzene rings is 5. The van der Waals surface area contributed by atoms with Gasteiger partial charge in [0.25, 0.3) is 5.69 Å². The second kappa shape index (κ2) is 35.5. The third kappa shape index (κ3) is 26.0. The molecule has 2 aliphatic rings. The average molecular weight is 1900 g/mol. The molecular formula is C64H31F36N9O15V. The van der Waals surface area contributed by atoms with Crippen LogP contribution in [0.4, 0.5) is 164 Å². The molecule has 5 heterocycles. The van der Waals surface area contributed by atoms with Crippen LogP contribution in [-0.2, 0) is 21.0 Å². The fourth-order valence-corrected chi connectivity index (χ4v) is 10.4. The maximum atomic E-state index is 14.8. The number of ether oxygens (including phenoxy) is 12. The molecule has 0 saturated heterocycles. The Bertz CT molecular complexity index is 5590. The Hall–Kier alpha value is -12.1. The third-order valence-electron chi connectivity index (χ3n) is 14.5. The van der Waals surface area contributed by atoms with E-state index in [1.165, 1.54) is 0 Å². The van der Waals surface area contributed by atoms with Gasteiger partial charge in [0, 0.05) is 56.6 Å². The summed E-state index contributed by atoms with van der Waals surface area (Å²) in [6.45, 7) is -37.4. The Morgan fingerprint density at radius 3 is 0.720 bits per heavy atom. The van der Waals surface area contributed by atoms with Gasteiger partial charge in [0.2, 0.25) is 34.5 Å². The Morgan fingerprint density at radius 2 is 0.472 bits per heavy atom. The molecule has 8 bridgehead atoms. The molecule has 3 aromatic heterocycles. The van der Waals surface area contributed by atoms with Crippen molar-refractivity contribution in [2.24, 2.45) is 0 Å². The van der Waals surface area contributed by atoms with Gasteiger partial charge in [0.15, 0.2) is 114 Å². The Kier molecular flexibility index (Phi) is 27.5. The SMILES string of the molecule is O=[N+]([O-])c1ccc(C#Cc2ccc3c4nc5nc(nc6[n-]c(nc7nc(nc([n-]4)c3c2)-c2c(OCC(F)(F)F)c(OCC(F)(F)F)c(OCC(F)(F)F)c(OCC(F)(F)F)c2-7)c2c(OCC(F)(F)F)c(OCC(F)(F)F)c(OCC(F)(F)F)c(OCC(F)(F)F)c62)-c2c(OCC(F)(F)F)c(OCC(F)(F)F)c(OCC(F)(F)F)c(OCC(F)(F)F)c2-5)cc1.[O]=[V+2]. The van der Waals surface area contributed by atoms with E-state index in [0.29, 0.717) is 12.1 Å². The number of nitro benzene ring substituents is 1. The van der Waals surface area contributed by atoms with E-state index in [9.17, 15) is 168 Å². The van der Waals surface area contributed by atoms with Crippen molar-refractivity contribution in [3.05, 3.63) is 63.7 Å². The zero-order valence-electron chi connectivity index (χ0n) is 59.2. The normalized spacial score (nSPS) is 13.1. The van der Waals surface area contributed by atoms with Gasteiger partial charge in [0.05, 0.1) is 50.5 Å². The van der Waals surface area contributed by atoms with Crippen LogP contribution in [-0.4, -0.2) is 188 Å². The summed E-state index contributed by atoms with van der Waals surface area (Å²) in [5.41, 5.74) is -16.9. The molecule has 8 aromatic rings. The summed E-state index contributed by atoms with van der Waals surface area (Å²) < 4.78 is 589. The summed E-state index contributed by atoms with van der Waals surface area (Å²) >= 11 is 1.06. The van der Waals surface area contributed by atoms with E-state index in [1.807, 2.05) is 0 Å². The molecular weight excluding hydrogens is 1870 g/mol. The molecule has 10 rings (SSSR count). The zero-order valence-corrected chi connectivity index (χ0v) is 60.6. The van der Waals surface area contributed by atoms with Crippen molar-refractivity contribution in [1.82, 2.24) is 39.9 Å².